The van der Waals surface area contributed by atoms with E-state index in [0.717, 1.165) is 17.6 Å². The third-order valence-corrected chi connectivity index (χ3v) is 3.34. The molecule has 1 aromatic heterocycles. The van der Waals surface area contributed by atoms with Crippen molar-refractivity contribution in [2.24, 2.45) is 5.73 Å². The molecule has 0 radical (unpaired) electrons. The molecule has 3 heteroatoms. The van der Waals surface area contributed by atoms with Gasteiger partial charge in [-0.2, -0.15) is 0 Å². The number of benzene rings is 2. The molecular weight excluding hydrogens is 239 g/mol. The standard InChI is InChI=1S/C16H15FN2/c17-13-4-6-14(7-5-13)19-11-9-15-12(8-10-18)2-1-3-16(15)19/h1-7,9,11H,8,10,18H2. The monoisotopic (exact) mass is 254 g/mol. The lowest BCUT2D eigenvalue weighted by Crippen LogP contribution is -2.02. The average Bonchev–Trinajstić information content (AvgIpc) is 2.85. The van der Waals surface area contributed by atoms with Crippen LogP contribution in [0.15, 0.2) is 54.7 Å². The van der Waals surface area contributed by atoms with Gasteiger partial charge in [-0.1, -0.05) is 12.1 Å². The Morgan fingerprint density at radius 3 is 2.53 bits per heavy atom. The molecule has 0 saturated carbocycles. The fraction of sp³-hybridized carbons (Fsp3) is 0.125. The minimum atomic E-state index is -0.218. The number of fused-ring (bicyclic) bond motifs is 1. The van der Waals surface area contributed by atoms with Crippen molar-refractivity contribution < 1.29 is 4.39 Å². The number of nitrogens with two attached hydrogens (primary N) is 1. The van der Waals surface area contributed by atoms with Crippen LogP contribution >= 0.6 is 0 Å². The molecule has 3 aromatic rings. The highest BCUT2D eigenvalue weighted by Gasteiger charge is 2.06. The molecule has 2 nitrogen and oxygen atoms in total. The number of hydrogen-bond donors (Lipinski definition) is 1. The molecule has 0 amide bonds. The zero-order valence-electron chi connectivity index (χ0n) is 10.5. The van der Waals surface area contributed by atoms with Crippen molar-refractivity contribution in [3.05, 3.63) is 66.1 Å². The van der Waals surface area contributed by atoms with Gasteiger partial charge < -0.3 is 10.3 Å². The molecule has 19 heavy (non-hydrogen) atoms. The zero-order valence-corrected chi connectivity index (χ0v) is 10.5. The van der Waals surface area contributed by atoms with E-state index in [9.17, 15) is 4.39 Å². The Balaban J connectivity index is 2.15. The second kappa shape index (κ2) is 4.86. The fourth-order valence-corrected chi connectivity index (χ4v) is 2.43. The first-order valence-electron chi connectivity index (χ1n) is 6.34. The lowest BCUT2D eigenvalue weighted by molar-refractivity contribution is 0.627. The van der Waals surface area contributed by atoms with Crippen LogP contribution in [0.5, 0.6) is 0 Å². The lowest BCUT2D eigenvalue weighted by Gasteiger charge is -2.07. The van der Waals surface area contributed by atoms with Gasteiger partial charge in [-0.25, -0.2) is 4.39 Å². The van der Waals surface area contributed by atoms with E-state index in [4.69, 9.17) is 5.73 Å². The topological polar surface area (TPSA) is 30.9 Å². The molecule has 0 aliphatic heterocycles. The quantitative estimate of drug-likeness (QED) is 0.764. The molecule has 0 fully saturated rings. The maximum absolute atomic E-state index is 13.0. The molecular formula is C16H15FN2. The van der Waals surface area contributed by atoms with Gasteiger partial charge in [-0.3, -0.25) is 0 Å². The van der Waals surface area contributed by atoms with Crippen molar-refractivity contribution >= 4 is 10.9 Å². The van der Waals surface area contributed by atoms with Crippen LogP contribution in [0.3, 0.4) is 0 Å². The van der Waals surface area contributed by atoms with E-state index < -0.39 is 0 Å². The smallest absolute Gasteiger partial charge is 0.123 e. The van der Waals surface area contributed by atoms with Gasteiger partial charge in [0, 0.05) is 17.3 Å². The minimum absolute atomic E-state index is 0.218. The largest absolute Gasteiger partial charge is 0.330 e. The van der Waals surface area contributed by atoms with Gasteiger partial charge in [-0.05, 0) is 54.9 Å². The Morgan fingerprint density at radius 2 is 1.79 bits per heavy atom. The summed E-state index contributed by atoms with van der Waals surface area (Å²) in [6, 6.07) is 14.8. The predicted octanol–water partition coefficient (Wildman–Crippen LogP) is 3.27. The van der Waals surface area contributed by atoms with Gasteiger partial charge in [0.1, 0.15) is 5.82 Å². The molecule has 1 heterocycles. The van der Waals surface area contributed by atoms with Crippen LogP contribution in [-0.2, 0) is 6.42 Å². The van der Waals surface area contributed by atoms with Crippen molar-refractivity contribution in [3.63, 3.8) is 0 Å². The van der Waals surface area contributed by atoms with Crippen LogP contribution in [0.4, 0.5) is 4.39 Å². The maximum atomic E-state index is 13.0. The second-order valence-corrected chi connectivity index (χ2v) is 4.55. The summed E-state index contributed by atoms with van der Waals surface area (Å²) in [6.45, 7) is 0.640. The molecule has 0 aliphatic carbocycles. The van der Waals surface area contributed by atoms with Crippen molar-refractivity contribution in [2.45, 2.75) is 6.42 Å². The van der Waals surface area contributed by atoms with Crippen molar-refractivity contribution in [1.82, 2.24) is 4.57 Å². The number of aromatic nitrogens is 1. The van der Waals surface area contributed by atoms with Crippen LogP contribution in [0.25, 0.3) is 16.6 Å². The molecule has 0 atom stereocenters. The SMILES string of the molecule is NCCc1cccc2c1ccn2-c1ccc(F)cc1. The summed E-state index contributed by atoms with van der Waals surface area (Å²) in [6.07, 6.45) is 2.88. The molecule has 2 N–H and O–H groups in total. The first-order valence-corrected chi connectivity index (χ1v) is 6.34. The summed E-state index contributed by atoms with van der Waals surface area (Å²) < 4.78 is 15.0. The molecule has 0 bridgehead atoms. The summed E-state index contributed by atoms with van der Waals surface area (Å²) in [4.78, 5) is 0. The summed E-state index contributed by atoms with van der Waals surface area (Å²) in [5.41, 5.74) is 8.97. The average molecular weight is 254 g/mol. The van der Waals surface area contributed by atoms with E-state index in [-0.39, 0.29) is 5.82 Å². The third kappa shape index (κ3) is 2.13. The number of nitrogens with zero attached hydrogens (tertiary/aromatic N) is 1. The Hall–Kier alpha value is -2.13. The molecule has 0 saturated heterocycles. The van der Waals surface area contributed by atoms with Crippen molar-refractivity contribution in [3.8, 4) is 5.69 Å². The van der Waals surface area contributed by atoms with E-state index >= 15 is 0 Å². The highest BCUT2D eigenvalue weighted by atomic mass is 19.1. The lowest BCUT2D eigenvalue weighted by atomic mass is 10.1. The van der Waals surface area contributed by atoms with Gasteiger partial charge in [0.2, 0.25) is 0 Å². The molecule has 0 unspecified atom stereocenters. The van der Waals surface area contributed by atoms with E-state index in [1.54, 1.807) is 12.1 Å². The molecule has 0 spiro atoms. The Morgan fingerprint density at radius 1 is 1.00 bits per heavy atom. The maximum Gasteiger partial charge on any atom is 0.123 e. The fourth-order valence-electron chi connectivity index (χ4n) is 2.43. The summed E-state index contributed by atoms with van der Waals surface area (Å²) in [5.74, 6) is -0.218. The number of rotatable bonds is 3. The van der Waals surface area contributed by atoms with Gasteiger partial charge in [0.15, 0.2) is 0 Å². The van der Waals surface area contributed by atoms with E-state index in [1.807, 2.05) is 12.3 Å². The van der Waals surface area contributed by atoms with Gasteiger partial charge in [0.25, 0.3) is 0 Å². The van der Waals surface area contributed by atoms with Crippen molar-refractivity contribution in [2.75, 3.05) is 6.54 Å². The molecule has 96 valence electrons. The normalized spacial score (nSPS) is 11.1. The van der Waals surface area contributed by atoms with E-state index in [2.05, 4.69) is 22.8 Å². The summed E-state index contributed by atoms with van der Waals surface area (Å²) in [7, 11) is 0. The van der Waals surface area contributed by atoms with Crippen LogP contribution < -0.4 is 5.73 Å². The first kappa shape index (κ1) is 11.9. The Kier molecular flexibility index (Phi) is 3.05. The summed E-state index contributed by atoms with van der Waals surface area (Å²) in [5, 5.41) is 1.21. The van der Waals surface area contributed by atoms with E-state index in [0.29, 0.717) is 6.54 Å². The third-order valence-electron chi connectivity index (χ3n) is 3.34. The van der Waals surface area contributed by atoms with E-state index in [1.165, 1.54) is 23.1 Å². The first-order chi connectivity index (χ1) is 9.29. The van der Waals surface area contributed by atoms with Crippen molar-refractivity contribution in [1.29, 1.82) is 0 Å². The van der Waals surface area contributed by atoms with Gasteiger partial charge in [-0.15, -0.1) is 0 Å². The van der Waals surface area contributed by atoms with Crippen LogP contribution in [0.1, 0.15) is 5.56 Å². The minimum Gasteiger partial charge on any atom is -0.330 e. The van der Waals surface area contributed by atoms with Crippen LogP contribution in [-0.4, -0.2) is 11.1 Å². The number of hydrogen-bond acceptors (Lipinski definition) is 1. The molecule has 0 aliphatic rings. The van der Waals surface area contributed by atoms with Crippen LogP contribution in [0.2, 0.25) is 0 Å². The van der Waals surface area contributed by atoms with Crippen LogP contribution in [0, 0.1) is 5.82 Å². The highest BCUT2D eigenvalue weighted by molar-refractivity contribution is 5.85. The zero-order chi connectivity index (χ0) is 13.2. The number of halogens is 1. The Labute approximate surface area is 111 Å². The highest BCUT2D eigenvalue weighted by Crippen LogP contribution is 2.24. The summed E-state index contributed by atoms with van der Waals surface area (Å²) >= 11 is 0. The predicted molar refractivity (Wildman–Crippen MR) is 76.0 cm³/mol. The Bertz CT molecular complexity index is 698. The van der Waals surface area contributed by atoms with Gasteiger partial charge >= 0.3 is 0 Å². The molecule has 2 aromatic carbocycles. The second-order valence-electron chi connectivity index (χ2n) is 4.55. The van der Waals surface area contributed by atoms with Gasteiger partial charge in [0.05, 0.1) is 5.52 Å². The molecule has 3 rings (SSSR count).